The van der Waals surface area contributed by atoms with E-state index in [4.69, 9.17) is 14.2 Å². The number of carbonyl (C=O) groups excluding carboxylic acids is 3. The Bertz CT molecular complexity index is 1350. The lowest BCUT2D eigenvalue weighted by atomic mass is 10.0. The summed E-state index contributed by atoms with van der Waals surface area (Å²) in [7, 11) is 0. The van der Waals surface area contributed by atoms with Gasteiger partial charge in [-0.1, -0.05) is 320 Å². The van der Waals surface area contributed by atoms with E-state index >= 15 is 0 Å². The zero-order chi connectivity index (χ0) is 56.4. The molecule has 78 heavy (non-hydrogen) atoms. The summed E-state index contributed by atoms with van der Waals surface area (Å²) in [5, 5.41) is 0. The molecule has 0 aromatic rings. The summed E-state index contributed by atoms with van der Waals surface area (Å²) in [5.74, 6) is -0.853. The number of unbranched alkanes of at least 4 members (excludes halogenated alkanes) is 45. The molecule has 0 aliphatic heterocycles. The van der Waals surface area contributed by atoms with Crippen LogP contribution in [0.25, 0.3) is 0 Å². The van der Waals surface area contributed by atoms with Crippen molar-refractivity contribution in [1.82, 2.24) is 0 Å². The molecular formula is C72H132O6. The third kappa shape index (κ3) is 64.2. The summed E-state index contributed by atoms with van der Waals surface area (Å²) < 4.78 is 16.9. The molecule has 456 valence electrons. The molecule has 0 aliphatic carbocycles. The Morgan fingerprint density at radius 2 is 0.462 bits per heavy atom. The Balaban J connectivity index is 4.03. The van der Waals surface area contributed by atoms with Crippen LogP contribution < -0.4 is 0 Å². The van der Waals surface area contributed by atoms with Gasteiger partial charge in [0.25, 0.3) is 0 Å². The maximum atomic E-state index is 12.9. The van der Waals surface area contributed by atoms with Gasteiger partial charge in [0.15, 0.2) is 6.10 Å². The molecule has 0 saturated heterocycles. The lowest BCUT2D eigenvalue weighted by Gasteiger charge is -2.18. The normalized spacial score (nSPS) is 12.3. The fraction of sp³-hybridized carbons (Fsp3) is 0.847. The van der Waals surface area contributed by atoms with Crippen molar-refractivity contribution in [2.45, 2.75) is 380 Å². The van der Waals surface area contributed by atoms with Crippen LogP contribution in [-0.2, 0) is 28.6 Å². The number of hydrogen-bond acceptors (Lipinski definition) is 6. The Morgan fingerprint density at radius 1 is 0.256 bits per heavy atom. The van der Waals surface area contributed by atoms with Crippen LogP contribution in [0.1, 0.15) is 374 Å². The van der Waals surface area contributed by atoms with Crippen molar-refractivity contribution in [3.63, 3.8) is 0 Å². The average Bonchev–Trinajstić information content (AvgIpc) is 3.44. The quantitative estimate of drug-likeness (QED) is 0.0261. The van der Waals surface area contributed by atoms with Crippen LogP contribution >= 0.6 is 0 Å². The standard InChI is InChI=1S/C72H132O6/c1-4-7-10-13-16-19-21-23-25-27-29-30-31-32-33-34-35-36-37-38-39-40-41-42-44-45-47-49-51-53-56-59-62-65-71(74)77-68-69(67-76-70(73)64-61-58-55-18-15-12-9-6-3)78-72(75)66-63-60-57-54-52-50-48-46-43-28-26-24-22-20-17-14-11-8-5-2/h21,23-24,26-27,29,31-32,69H,4-20,22,25,28,30,33-68H2,1-3H3/b23-21-,26-24-,29-27-,32-31-. The topological polar surface area (TPSA) is 78.9 Å². The first kappa shape index (κ1) is 75.4. The molecule has 0 spiro atoms. The molecule has 6 nitrogen and oxygen atoms in total. The second kappa shape index (κ2) is 66.9. The van der Waals surface area contributed by atoms with Gasteiger partial charge in [-0.2, -0.15) is 0 Å². The minimum atomic E-state index is -0.770. The molecule has 6 heteroatoms. The van der Waals surface area contributed by atoms with E-state index in [9.17, 15) is 14.4 Å². The molecule has 0 fully saturated rings. The minimum absolute atomic E-state index is 0.0688. The van der Waals surface area contributed by atoms with E-state index in [0.29, 0.717) is 19.3 Å². The molecule has 0 bridgehead atoms. The molecular weight excluding hydrogens is 961 g/mol. The number of esters is 3. The van der Waals surface area contributed by atoms with E-state index in [1.165, 1.54) is 263 Å². The molecule has 0 heterocycles. The maximum absolute atomic E-state index is 12.9. The van der Waals surface area contributed by atoms with E-state index in [1.807, 2.05) is 0 Å². The Hall–Kier alpha value is -2.63. The third-order valence-electron chi connectivity index (χ3n) is 15.6. The van der Waals surface area contributed by atoms with Crippen molar-refractivity contribution in [2.75, 3.05) is 13.2 Å². The first-order chi connectivity index (χ1) is 38.5. The van der Waals surface area contributed by atoms with Crippen LogP contribution in [0.15, 0.2) is 48.6 Å². The minimum Gasteiger partial charge on any atom is -0.462 e. The van der Waals surface area contributed by atoms with Crippen molar-refractivity contribution >= 4 is 17.9 Å². The van der Waals surface area contributed by atoms with Crippen LogP contribution in [0.2, 0.25) is 0 Å². The second-order valence-corrected chi connectivity index (χ2v) is 23.4. The van der Waals surface area contributed by atoms with E-state index < -0.39 is 6.10 Å². The zero-order valence-electron chi connectivity index (χ0n) is 52.5. The van der Waals surface area contributed by atoms with Crippen molar-refractivity contribution in [3.05, 3.63) is 48.6 Å². The van der Waals surface area contributed by atoms with Crippen molar-refractivity contribution < 1.29 is 28.6 Å². The summed E-state index contributed by atoms with van der Waals surface area (Å²) >= 11 is 0. The van der Waals surface area contributed by atoms with Gasteiger partial charge < -0.3 is 14.2 Å². The van der Waals surface area contributed by atoms with Gasteiger partial charge in [-0.25, -0.2) is 0 Å². The fourth-order valence-corrected chi connectivity index (χ4v) is 10.3. The molecule has 0 N–H and O–H groups in total. The lowest BCUT2D eigenvalue weighted by molar-refractivity contribution is -0.167. The Morgan fingerprint density at radius 3 is 0.731 bits per heavy atom. The van der Waals surface area contributed by atoms with E-state index in [2.05, 4.69) is 69.4 Å². The van der Waals surface area contributed by atoms with Gasteiger partial charge in [-0.15, -0.1) is 0 Å². The number of hydrogen-bond donors (Lipinski definition) is 0. The van der Waals surface area contributed by atoms with Gasteiger partial charge in [0.1, 0.15) is 13.2 Å². The summed E-state index contributed by atoms with van der Waals surface area (Å²) in [5.41, 5.74) is 0. The van der Waals surface area contributed by atoms with Crippen molar-refractivity contribution in [3.8, 4) is 0 Å². The highest BCUT2D eigenvalue weighted by atomic mass is 16.6. The highest BCUT2D eigenvalue weighted by Crippen LogP contribution is 2.18. The zero-order valence-corrected chi connectivity index (χ0v) is 52.5. The summed E-state index contributed by atoms with van der Waals surface area (Å²) in [6, 6.07) is 0. The van der Waals surface area contributed by atoms with Crippen LogP contribution in [0, 0.1) is 0 Å². The first-order valence-electron chi connectivity index (χ1n) is 34.6. The van der Waals surface area contributed by atoms with Crippen LogP contribution in [0.4, 0.5) is 0 Å². The monoisotopic (exact) mass is 1090 g/mol. The van der Waals surface area contributed by atoms with Gasteiger partial charge in [0, 0.05) is 19.3 Å². The van der Waals surface area contributed by atoms with Crippen LogP contribution in [-0.4, -0.2) is 37.2 Å². The van der Waals surface area contributed by atoms with E-state index in [-0.39, 0.29) is 31.1 Å². The predicted octanol–water partition coefficient (Wildman–Crippen LogP) is 23.7. The van der Waals surface area contributed by atoms with Gasteiger partial charge in [-0.3, -0.25) is 14.4 Å². The molecule has 0 amide bonds. The third-order valence-corrected chi connectivity index (χ3v) is 15.6. The number of rotatable bonds is 64. The summed E-state index contributed by atoms with van der Waals surface area (Å²) in [6.07, 6.45) is 84.5. The largest absolute Gasteiger partial charge is 0.462 e. The Labute approximate surface area is 486 Å². The molecule has 1 unspecified atom stereocenters. The van der Waals surface area contributed by atoms with E-state index in [0.717, 1.165) is 70.6 Å². The Kier molecular flexibility index (Phi) is 64.6. The molecule has 0 rings (SSSR count). The SMILES string of the molecule is CCCCCCC/C=C\C/C=C\C/C=C\CCCCCCCCCCCCCCCCCCCCC(=O)OCC(COC(=O)CCCCCCCCCC)OC(=O)CCCCCCCCCCC/C=C\CCCCCCCC. The molecule has 0 aromatic heterocycles. The van der Waals surface area contributed by atoms with Gasteiger partial charge in [0.2, 0.25) is 0 Å². The van der Waals surface area contributed by atoms with Crippen molar-refractivity contribution in [1.29, 1.82) is 0 Å². The fourth-order valence-electron chi connectivity index (χ4n) is 10.3. The predicted molar refractivity (Wildman–Crippen MR) is 339 cm³/mol. The maximum Gasteiger partial charge on any atom is 0.306 e. The van der Waals surface area contributed by atoms with Gasteiger partial charge in [-0.05, 0) is 83.5 Å². The molecule has 0 aliphatic rings. The lowest BCUT2D eigenvalue weighted by Crippen LogP contribution is -2.30. The van der Waals surface area contributed by atoms with Gasteiger partial charge >= 0.3 is 17.9 Å². The van der Waals surface area contributed by atoms with Gasteiger partial charge in [0.05, 0.1) is 0 Å². The summed E-state index contributed by atoms with van der Waals surface area (Å²) in [4.78, 5) is 38.2. The molecule has 1 atom stereocenters. The molecule has 0 saturated carbocycles. The van der Waals surface area contributed by atoms with Crippen molar-refractivity contribution in [2.24, 2.45) is 0 Å². The average molecular weight is 1090 g/mol. The molecule has 0 aromatic carbocycles. The van der Waals surface area contributed by atoms with Crippen LogP contribution in [0.3, 0.4) is 0 Å². The smallest absolute Gasteiger partial charge is 0.306 e. The van der Waals surface area contributed by atoms with Crippen LogP contribution in [0.5, 0.6) is 0 Å². The number of ether oxygens (including phenoxy) is 3. The number of carbonyl (C=O) groups is 3. The number of allylic oxidation sites excluding steroid dienone is 8. The van der Waals surface area contributed by atoms with E-state index in [1.54, 1.807) is 0 Å². The summed E-state index contributed by atoms with van der Waals surface area (Å²) in [6.45, 7) is 6.65. The highest BCUT2D eigenvalue weighted by molar-refractivity contribution is 5.71. The molecule has 0 radical (unpaired) electrons. The second-order valence-electron chi connectivity index (χ2n) is 23.4. The highest BCUT2D eigenvalue weighted by Gasteiger charge is 2.19. The first-order valence-corrected chi connectivity index (χ1v) is 34.6.